The fraction of sp³-hybridized carbons (Fsp3) is 0.250. The van der Waals surface area contributed by atoms with Crippen LogP contribution < -0.4 is 0 Å². The Morgan fingerprint density at radius 1 is 1.54 bits per heavy atom. The van der Waals surface area contributed by atoms with Gasteiger partial charge in [0.25, 0.3) is 5.91 Å². The van der Waals surface area contributed by atoms with Crippen molar-refractivity contribution in [3.05, 3.63) is 29.0 Å². The van der Waals surface area contributed by atoms with Gasteiger partial charge in [-0.3, -0.25) is 9.78 Å². The lowest BCUT2D eigenvalue weighted by atomic mass is 10.3. The normalized spacial score (nSPS) is 8.85. The van der Waals surface area contributed by atoms with Crippen LogP contribution >= 0.6 is 24.0 Å². The number of hydrogen-bond acceptors (Lipinski definition) is 2. The van der Waals surface area contributed by atoms with Crippen LogP contribution in [0.2, 0.25) is 5.02 Å². The molecule has 0 aliphatic rings. The molecule has 0 atom stereocenters. The van der Waals surface area contributed by atoms with Crippen LogP contribution in [0.3, 0.4) is 0 Å². The molecule has 0 saturated heterocycles. The van der Waals surface area contributed by atoms with Crippen LogP contribution in [0.25, 0.3) is 0 Å². The Morgan fingerprint density at radius 2 is 2.15 bits per heavy atom. The zero-order valence-electron chi connectivity index (χ0n) is 7.32. The highest BCUT2D eigenvalue weighted by Gasteiger charge is 2.08. The van der Waals surface area contributed by atoms with Crippen LogP contribution in [0.4, 0.5) is 0 Å². The topological polar surface area (TPSA) is 33.2 Å². The second kappa shape index (κ2) is 5.04. The average molecular weight is 221 g/mol. The summed E-state index contributed by atoms with van der Waals surface area (Å²) in [5.74, 6) is -0.141. The molecule has 1 aromatic rings. The van der Waals surface area contributed by atoms with E-state index in [4.69, 9.17) is 11.6 Å². The Labute approximate surface area is 88.1 Å². The molecule has 0 aliphatic carbocycles. The van der Waals surface area contributed by atoms with Crippen LogP contribution in [-0.2, 0) is 0 Å². The van der Waals surface area contributed by atoms with Crippen molar-refractivity contribution in [1.29, 1.82) is 0 Å². The number of amides is 1. The van der Waals surface area contributed by atoms with E-state index >= 15 is 0 Å². The van der Waals surface area contributed by atoms with Crippen LogP contribution in [0.15, 0.2) is 18.3 Å². The molecule has 13 heavy (non-hydrogen) atoms. The van der Waals surface area contributed by atoms with Crippen molar-refractivity contribution in [2.75, 3.05) is 14.1 Å². The minimum absolute atomic E-state index is 0. The lowest BCUT2D eigenvalue weighted by Gasteiger charge is -2.08. The van der Waals surface area contributed by atoms with E-state index in [9.17, 15) is 4.79 Å². The highest BCUT2D eigenvalue weighted by atomic mass is 35.5. The summed E-state index contributed by atoms with van der Waals surface area (Å²) >= 11 is 5.68. The number of carbonyl (C=O) groups excluding carboxylic acids is 1. The Bertz CT molecular complexity index is 302. The molecule has 1 amide bonds. The van der Waals surface area contributed by atoms with E-state index < -0.39 is 0 Å². The van der Waals surface area contributed by atoms with Gasteiger partial charge in [-0.1, -0.05) is 11.6 Å². The molecule has 0 N–H and O–H groups in total. The standard InChI is InChI=1S/C8H9ClN2O.ClH/c1-11(2)8(12)7-5-6(9)3-4-10-7;/h3-5H,1-2H3;1H. The lowest BCUT2D eigenvalue weighted by molar-refractivity contribution is 0.0822. The average Bonchev–Trinajstić information content (AvgIpc) is 2.03. The van der Waals surface area contributed by atoms with Gasteiger partial charge in [-0.25, -0.2) is 0 Å². The molecule has 3 nitrogen and oxygen atoms in total. The Kier molecular flexibility index (Phi) is 4.73. The van der Waals surface area contributed by atoms with Gasteiger partial charge < -0.3 is 4.90 Å². The van der Waals surface area contributed by atoms with E-state index in [1.165, 1.54) is 11.1 Å². The summed E-state index contributed by atoms with van der Waals surface area (Å²) in [6.07, 6.45) is 1.51. The van der Waals surface area contributed by atoms with Gasteiger partial charge in [0.2, 0.25) is 0 Å². The van der Waals surface area contributed by atoms with Gasteiger partial charge in [0, 0.05) is 25.3 Å². The highest BCUT2D eigenvalue weighted by Crippen LogP contribution is 2.08. The summed E-state index contributed by atoms with van der Waals surface area (Å²) in [6, 6.07) is 3.18. The summed E-state index contributed by atoms with van der Waals surface area (Å²) in [7, 11) is 3.34. The fourth-order valence-corrected chi connectivity index (χ4v) is 0.911. The Balaban J connectivity index is 0.00000144. The van der Waals surface area contributed by atoms with Crippen molar-refractivity contribution in [2.45, 2.75) is 0 Å². The number of nitrogens with zero attached hydrogens (tertiary/aromatic N) is 2. The molecule has 0 unspecified atom stereocenters. The number of pyridine rings is 1. The number of halogens is 2. The van der Waals surface area contributed by atoms with E-state index in [0.29, 0.717) is 10.7 Å². The minimum atomic E-state index is -0.141. The first kappa shape index (κ1) is 12.2. The number of hydrogen-bond donors (Lipinski definition) is 0. The van der Waals surface area contributed by atoms with Crippen molar-refractivity contribution in [3.63, 3.8) is 0 Å². The second-order valence-corrected chi connectivity index (χ2v) is 3.00. The van der Waals surface area contributed by atoms with Gasteiger partial charge in [0.15, 0.2) is 0 Å². The molecule has 0 aliphatic heterocycles. The molecule has 0 fully saturated rings. The van der Waals surface area contributed by atoms with Crippen LogP contribution in [0.5, 0.6) is 0 Å². The molecule has 1 aromatic heterocycles. The summed E-state index contributed by atoms with van der Waals surface area (Å²) in [5.41, 5.74) is 0.368. The van der Waals surface area contributed by atoms with Crippen molar-refractivity contribution in [1.82, 2.24) is 9.88 Å². The maximum absolute atomic E-state index is 11.3. The molecule has 72 valence electrons. The maximum Gasteiger partial charge on any atom is 0.271 e. The van der Waals surface area contributed by atoms with Crippen molar-refractivity contribution in [3.8, 4) is 0 Å². The van der Waals surface area contributed by atoms with Crippen LogP contribution in [-0.4, -0.2) is 29.9 Å². The van der Waals surface area contributed by atoms with Gasteiger partial charge in [-0.2, -0.15) is 0 Å². The van der Waals surface area contributed by atoms with Crippen molar-refractivity contribution >= 4 is 29.9 Å². The molecular formula is C8H10Cl2N2O. The van der Waals surface area contributed by atoms with Crippen molar-refractivity contribution < 1.29 is 4.79 Å². The molecule has 0 spiro atoms. The number of aromatic nitrogens is 1. The highest BCUT2D eigenvalue weighted by molar-refractivity contribution is 6.30. The van der Waals surface area contributed by atoms with Gasteiger partial charge in [0.1, 0.15) is 5.69 Å². The second-order valence-electron chi connectivity index (χ2n) is 2.56. The van der Waals surface area contributed by atoms with Gasteiger partial charge >= 0.3 is 0 Å². The lowest BCUT2D eigenvalue weighted by Crippen LogP contribution is -2.22. The summed E-state index contributed by atoms with van der Waals surface area (Å²) in [6.45, 7) is 0. The third kappa shape index (κ3) is 3.20. The molecular weight excluding hydrogens is 211 g/mol. The Morgan fingerprint density at radius 3 is 2.62 bits per heavy atom. The molecule has 5 heteroatoms. The van der Waals surface area contributed by atoms with Crippen molar-refractivity contribution in [2.24, 2.45) is 0 Å². The van der Waals surface area contributed by atoms with Gasteiger partial charge in [-0.05, 0) is 12.1 Å². The van der Waals surface area contributed by atoms with E-state index in [1.807, 2.05) is 0 Å². The van der Waals surface area contributed by atoms with Crippen LogP contribution in [0.1, 0.15) is 10.5 Å². The summed E-state index contributed by atoms with van der Waals surface area (Å²) < 4.78 is 0. The van der Waals surface area contributed by atoms with E-state index in [1.54, 1.807) is 26.2 Å². The quantitative estimate of drug-likeness (QED) is 0.725. The van der Waals surface area contributed by atoms with Crippen LogP contribution in [0, 0.1) is 0 Å². The smallest absolute Gasteiger partial charge is 0.271 e. The predicted octanol–water partition coefficient (Wildman–Crippen LogP) is 1.86. The monoisotopic (exact) mass is 220 g/mol. The summed E-state index contributed by atoms with van der Waals surface area (Å²) in [4.78, 5) is 16.6. The van der Waals surface area contributed by atoms with E-state index in [-0.39, 0.29) is 18.3 Å². The molecule has 1 rings (SSSR count). The number of rotatable bonds is 1. The molecule has 0 bridgehead atoms. The Hall–Kier alpha value is -0.800. The third-order valence-corrected chi connectivity index (χ3v) is 1.58. The molecule has 1 heterocycles. The maximum atomic E-state index is 11.3. The molecule has 0 aromatic carbocycles. The minimum Gasteiger partial charge on any atom is -0.343 e. The SMILES string of the molecule is CN(C)C(=O)c1cc(Cl)ccn1.Cl. The van der Waals surface area contributed by atoms with E-state index in [0.717, 1.165) is 0 Å². The largest absolute Gasteiger partial charge is 0.343 e. The van der Waals surface area contributed by atoms with E-state index in [2.05, 4.69) is 4.98 Å². The first-order chi connectivity index (χ1) is 5.61. The first-order valence-electron chi connectivity index (χ1n) is 3.44. The van der Waals surface area contributed by atoms with Gasteiger partial charge in [-0.15, -0.1) is 12.4 Å². The zero-order valence-corrected chi connectivity index (χ0v) is 8.89. The number of carbonyl (C=O) groups is 1. The summed E-state index contributed by atoms with van der Waals surface area (Å²) in [5, 5.41) is 0.523. The molecule has 0 saturated carbocycles. The first-order valence-corrected chi connectivity index (χ1v) is 3.82. The molecule has 0 radical (unpaired) electrons. The van der Waals surface area contributed by atoms with Gasteiger partial charge in [0.05, 0.1) is 0 Å². The fourth-order valence-electron chi connectivity index (χ4n) is 0.751. The predicted molar refractivity (Wildman–Crippen MR) is 54.5 cm³/mol. The third-order valence-electron chi connectivity index (χ3n) is 1.35. The zero-order chi connectivity index (χ0) is 9.14.